The number of aryl methyl sites for hydroxylation is 1. The molecule has 1 saturated heterocycles. The Morgan fingerprint density at radius 1 is 1.00 bits per heavy atom. The standard InChI is InChI=1S/C15H24N2O2S/c1-12-8-9-14(16)15(13(12)2)20(18,19)17-10-6-4-3-5-7-11-17/h8-9H,3-7,10-11,16H2,1-2H3. The zero-order valence-corrected chi connectivity index (χ0v) is 13.2. The molecule has 20 heavy (non-hydrogen) atoms. The smallest absolute Gasteiger partial charge is 0.245 e. The summed E-state index contributed by atoms with van der Waals surface area (Å²) in [5, 5.41) is 0. The van der Waals surface area contributed by atoms with Gasteiger partial charge in [-0.2, -0.15) is 4.31 Å². The van der Waals surface area contributed by atoms with Crippen molar-refractivity contribution in [2.45, 2.75) is 50.8 Å². The first-order valence-corrected chi connectivity index (χ1v) is 8.74. The Morgan fingerprint density at radius 2 is 1.55 bits per heavy atom. The number of nitrogens with zero attached hydrogens (tertiary/aromatic N) is 1. The molecule has 1 heterocycles. The Bertz CT molecular complexity index is 574. The Hall–Kier alpha value is -1.07. The highest BCUT2D eigenvalue weighted by Gasteiger charge is 2.28. The van der Waals surface area contributed by atoms with Crippen molar-refractivity contribution in [1.29, 1.82) is 0 Å². The number of anilines is 1. The predicted molar refractivity (Wildman–Crippen MR) is 82.2 cm³/mol. The van der Waals surface area contributed by atoms with Gasteiger partial charge in [-0.05, 0) is 43.9 Å². The number of sulfonamides is 1. The van der Waals surface area contributed by atoms with Crippen molar-refractivity contribution in [2.75, 3.05) is 18.8 Å². The Kier molecular flexibility index (Phi) is 4.70. The molecule has 0 amide bonds. The van der Waals surface area contributed by atoms with E-state index in [1.165, 1.54) is 6.42 Å². The van der Waals surface area contributed by atoms with Crippen LogP contribution in [0.3, 0.4) is 0 Å². The van der Waals surface area contributed by atoms with Crippen LogP contribution in [0.5, 0.6) is 0 Å². The van der Waals surface area contributed by atoms with E-state index in [9.17, 15) is 8.42 Å². The summed E-state index contributed by atoms with van der Waals surface area (Å²) >= 11 is 0. The van der Waals surface area contributed by atoms with Crippen molar-refractivity contribution >= 4 is 15.7 Å². The van der Waals surface area contributed by atoms with Gasteiger partial charge >= 0.3 is 0 Å². The van der Waals surface area contributed by atoms with Crippen molar-refractivity contribution in [3.8, 4) is 0 Å². The summed E-state index contributed by atoms with van der Waals surface area (Å²) in [6, 6.07) is 3.57. The maximum absolute atomic E-state index is 12.9. The molecule has 0 radical (unpaired) electrons. The second-order valence-electron chi connectivity index (χ2n) is 5.60. The summed E-state index contributed by atoms with van der Waals surface area (Å²) in [7, 11) is -3.48. The molecule has 1 fully saturated rings. The SMILES string of the molecule is Cc1ccc(N)c(S(=O)(=O)N2CCCCCCC2)c1C. The molecule has 2 rings (SSSR count). The summed E-state index contributed by atoms with van der Waals surface area (Å²) in [5.41, 5.74) is 8.04. The monoisotopic (exact) mass is 296 g/mol. The highest BCUT2D eigenvalue weighted by atomic mass is 32.2. The molecule has 0 unspecified atom stereocenters. The largest absolute Gasteiger partial charge is 0.398 e. The quantitative estimate of drug-likeness (QED) is 0.854. The topological polar surface area (TPSA) is 63.4 Å². The average molecular weight is 296 g/mol. The van der Waals surface area contributed by atoms with Crippen LogP contribution in [-0.2, 0) is 10.0 Å². The first-order valence-electron chi connectivity index (χ1n) is 7.30. The van der Waals surface area contributed by atoms with Gasteiger partial charge in [0.25, 0.3) is 0 Å². The van der Waals surface area contributed by atoms with Crippen LogP contribution in [0.25, 0.3) is 0 Å². The van der Waals surface area contributed by atoms with Gasteiger partial charge in [-0.15, -0.1) is 0 Å². The first-order chi connectivity index (χ1) is 9.44. The maximum Gasteiger partial charge on any atom is 0.245 e. The summed E-state index contributed by atoms with van der Waals surface area (Å²) < 4.78 is 27.4. The summed E-state index contributed by atoms with van der Waals surface area (Å²) in [4.78, 5) is 0.304. The lowest BCUT2D eigenvalue weighted by atomic mass is 10.1. The van der Waals surface area contributed by atoms with Crippen LogP contribution in [-0.4, -0.2) is 25.8 Å². The van der Waals surface area contributed by atoms with Gasteiger partial charge in [0.05, 0.1) is 5.69 Å². The molecular formula is C15H24N2O2S. The van der Waals surface area contributed by atoms with E-state index in [4.69, 9.17) is 5.73 Å². The number of hydrogen-bond acceptors (Lipinski definition) is 3. The molecule has 4 nitrogen and oxygen atoms in total. The van der Waals surface area contributed by atoms with Gasteiger partial charge < -0.3 is 5.73 Å². The average Bonchev–Trinajstić information content (AvgIpc) is 2.33. The molecule has 1 aromatic rings. The van der Waals surface area contributed by atoms with Gasteiger partial charge in [-0.3, -0.25) is 0 Å². The molecule has 0 saturated carbocycles. The highest BCUT2D eigenvalue weighted by Crippen LogP contribution is 2.29. The molecule has 0 atom stereocenters. The van der Waals surface area contributed by atoms with Crippen LogP contribution in [0.15, 0.2) is 17.0 Å². The zero-order valence-electron chi connectivity index (χ0n) is 12.4. The first kappa shape index (κ1) is 15.3. The second kappa shape index (κ2) is 6.14. The van der Waals surface area contributed by atoms with E-state index in [1.54, 1.807) is 10.4 Å². The molecule has 2 N–H and O–H groups in total. The minimum Gasteiger partial charge on any atom is -0.398 e. The molecule has 1 aliphatic heterocycles. The fraction of sp³-hybridized carbons (Fsp3) is 0.600. The third kappa shape index (κ3) is 2.99. The second-order valence-corrected chi connectivity index (χ2v) is 7.47. The highest BCUT2D eigenvalue weighted by molar-refractivity contribution is 7.89. The van der Waals surface area contributed by atoms with E-state index in [2.05, 4.69) is 0 Å². The normalized spacial score (nSPS) is 18.5. The number of nitrogen functional groups attached to an aromatic ring is 1. The van der Waals surface area contributed by atoms with Gasteiger partial charge in [0, 0.05) is 13.1 Å². The number of nitrogens with two attached hydrogens (primary N) is 1. The van der Waals surface area contributed by atoms with Gasteiger partial charge in [0.2, 0.25) is 10.0 Å². The van der Waals surface area contributed by atoms with E-state index in [0.717, 1.165) is 36.8 Å². The van der Waals surface area contributed by atoms with Gasteiger partial charge in [0.1, 0.15) is 4.90 Å². The van der Waals surface area contributed by atoms with Crippen LogP contribution in [0.2, 0.25) is 0 Å². The fourth-order valence-corrected chi connectivity index (χ4v) is 4.65. The fourth-order valence-electron chi connectivity index (χ4n) is 2.74. The third-order valence-electron chi connectivity index (χ3n) is 4.12. The molecule has 0 aliphatic carbocycles. The van der Waals surface area contributed by atoms with E-state index >= 15 is 0 Å². The predicted octanol–water partition coefficient (Wildman–Crippen LogP) is 2.84. The molecule has 1 aliphatic rings. The minimum atomic E-state index is -3.48. The van der Waals surface area contributed by atoms with Crippen LogP contribution in [0.1, 0.15) is 43.2 Å². The lowest BCUT2D eigenvalue weighted by molar-refractivity contribution is 0.364. The molecule has 0 spiro atoms. The third-order valence-corrected chi connectivity index (χ3v) is 6.22. The summed E-state index contributed by atoms with van der Waals surface area (Å²) in [5.74, 6) is 0. The Morgan fingerprint density at radius 3 is 2.15 bits per heavy atom. The van der Waals surface area contributed by atoms with Gasteiger partial charge in [0.15, 0.2) is 0 Å². The van der Waals surface area contributed by atoms with E-state index in [1.807, 2.05) is 19.9 Å². The van der Waals surface area contributed by atoms with E-state index < -0.39 is 10.0 Å². The molecule has 0 bridgehead atoms. The Balaban J connectivity index is 2.41. The van der Waals surface area contributed by atoms with Crippen molar-refractivity contribution in [3.63, 3.8) is 0 Å². The summed E-state index contributed by atoms with van der Waals surface area (Å²) in [6.07, 6.45) is 5.29. The Labute approximate surface area is 122 Å². The molecule has 112 valence electrons. The van der Waals surface area contributed by atoms with E-state index in [0.29, 0.717) is 23.7 Å². The molecule has 0 aromatic heterocycles. The van der Waals surface area contributed by atoms with E-state index in [-0.39, 0.29) is 0 Å². The molecule has 5 heteroatoms. The number of rotatable bonds is 2. The van der Waals surface area contributed by atoms with Crippen molar-refractivity contribution < 1.29 is 8.42 Å². The number of benzene rings is 1. The summed E-state index contributed by atoms with van der Waals surface area (Å²) in [6.45, 7) is 4.97. The zero-order chi connectivity index (χ0) is 14.8. The van der Waals surface area contributed by atoms with Crippen molar-refractivity contribution in [1.82, 2.24) is 4.31 Å². The van der Waals surface area contributed by atoms with Crippen LogP contribution >= 0.6 is 0 Å². The lowest BCUT2D eigenvalue weighted by Gasteiger charge is -2.26. The molecule has 1 aromatic carbocycles. The minimum absolute atomic E-state index is 0.304. The van der Waals surface area contributed by atoms with Crippen LogP contribution in [0, 0.1) is 13.8 Å². The van der Waals surface area contributed by atoms with Crippen molar-refractivity contribution in [2.24, 2.45) is 0 Å². The maximum atomic E-state index is 12.9. The number of hydrogen-bond donors (Lipinski definition) is 1. The van der Waals surface area contributed by atoms with Crippen LogP contribution in [0.4, 0.5) is 5.69 Å². The van der Waals surface area contributed by atoms with Crippen LogP contribution < -0.4 is 5.73 Å². The van der Waals surface area contributed by atoms with Gasteiger partial charge in [-0.25, -0.2) is 8.42 Å². The lowest BCUT2D eigenvalue weighted by Crippen LogP contribution is -2.34. The van der Waals surface area contributed by atoms with Gasteiger partial charge in [-0.1, -0.05) is 25.3 Å². The molecular weight excluding hydrogens is 272 g/mol. The van der Waals surface area contributed by atoms with Crippen molar-refractivity contribution in [3.05, 3.63) is 23.3 Å².